The Hall–Kier alpha value is -2.38. The summed E-state index contributed by atoms with van der Waals surface area (Å²) in [7, 11) is 1.64. The molecule has 0 bridgehead atoms. The first kappa shape index (κ1) is 14.0. The highest BCUT2D eigenvalue weighted by atomic mass is 19.4. The van der Waals surface area contributed by atoms with Crippen LogP contribution in [0.15, 0.2) is 24.3 Å². The number of nitrogens with one attached hydrogen (secondary N) is 1. The highest BCUT2D eigenvalue weighted by molar-refractivity contribution is 5.73. The molecule has 0 fully saturated rings. The summed E-state index contributed by atoms with van der Waals surface area (Å²) in [5, 5.41) is 6.88. The summed E-state index contributed by atoms with van der Waals surface area (Å²) in [5.74, 6) is 0.0685. The monoisotopic (exact) mass is 286 g/mol. The van der Waals surface area contributed by atoms with Gasteiger partial charge in [-0.25, -0.2) is 0 Å². The van der Waals surface area contributed by atoms with Gasteiger partial charge in [0.2, 0.25) is 0 Å². The SMILES string of the molecule is Cc1nn(C)c(Nc2ccccc2OC(F)(F)F)c1N. The molecule has 1 aromatic carbocycles. The molecule has 0 radical (unpaired) electrons. The van der Waals surface area contributed by atoms with Crippen molar-refractivity contribution in [3.63, 3.8) is 0 Å². The van der Waals surface area contributed by atoms with Crippen molar-refractivity contribution < 1.29 is 17.9 Å². The molecule has 0 spiro atoms. The molecule has 0 unspecified atom stereocenters. The van der Waals surface area contributed by atoms with Crippen molar-refractivity contribution in [3.05, 3.63) is 30.0 Å². The van der Waals surface area contributed by atoms with E-state index in [2.05, 4.69) is 15.2 Å². The number of halogens is 3. The number of aromatic nitrogens is 2. The Morgan fingerprint density at radius 3 is 2.50 bits per heavy atom. The van der Waals surface area contributed by atoms with Crippen LogP contribution in [0.1, 0.15) is 5.69 Å². The first-order chi connectivity index (χ1) is 9.28. The lowest BCUT2D eigenvalue weighted by atomic mass is 10.3. The van der Waals surface area contributed by atoms with Crippen LogP contribution in [-0.2, 0) is 7.05 Å². The van der Waals surface area contributed by atoms with E-state index in [4.69, 9.17) is 5.73 Å². The zero-order valence-corrected chi connectivity index (χ0v) is 10.8. The third-order valence-electron chi connectivity index (χ3n) is 2.63. The lowest BCUT2D eigenvalue weighted by molar-refractivity contribution is -0.274. The van der Waals surface area contributed by atoms with Crippen molar-refractivity contribution >= 4 is 17.2 Å². The maximum Gasteiger partial charge on any atom is 0.573 e. The van der Waals surface area contributed by atoms with Crippen LogP contribution in [0, 0.1) is 6.92 Å². The van der Waals surface area contributed by atoms with Crippen molar-refractivity contribution in [1.82, 2.24) is 9.78 Å². The smallest absolute Gasteiger partial charge is 0.404 e. The number of anilines is 3. The van der Waals surface area contributed by atoms with E-state index in [1.165, 1.54) is 22.9 Å². The van der Waals surface area contributed by atoms with Crippen LogP contribution in [0.2, 0.25) is 0 Å². The Balaban J connectivity index is 2.34. The summed E-state index contributed by atoms with van der Waals surface area (Å²) in [5.41, 5.74) is 6.93. The molecule has 1 aromatic heterocycles. The molecule has 3 N–H and O–H groups in total. The minimum atomic E-state index is -4.76. The molecule has 0 aliphatic carbocycles. The molecule has 0 saturated carbocycles. The van der Waals surface area contributed by atoms with Crippen LogP contribution in [-0.4, -0.2) is 16.1 Å². The Bertz CT molecular complexity index is 622. The molecule has 0 aliphatic heterocycles. The average molecular weight is 286 g/mol. The number of hydrogen-bond donors (Lipinski definition) is 2. The van der Waals surface area contributed by atoms with Crippen molar-refractivity contribution in [2.45, 2.75) is 13.3 Å². The highest BCUT2D eigenvalue weighted by Crippen LogP contribution is 2.33. The van der Waals surface area contributed by atoms with Crippen LogP contribution in [0.5, 0.6) is 5.75 Å². The molecule has 108 valence electrons. The summed E-state index contributed by atoms with van der Waals surface area (Å²) >= 11 is 0. The number of aryl methyl sites for hydroxylation is 2. The zero-order valence-electron chi connectivity index (χ0n) is 10.8. The summed E-state index contributed by atoms with van der Waals surface area (Å²) < 4.78 is 42.4. The number of hydrogen-bond acceptors (Lipinski definition) is 4. The van der Waals surface area contributed by atoms with Crippen LogP contribution in [0.25, 0.3) is 0 Å². The van der Waals surface area contributed by atoms with E-state index in [1.54, 1.807) is 20.0 Å². The summed E-state index contributed by atoms with van der Waals surface area (Å²) in [6.07, 6.45) is -4.76. The lowest BCUT2D eigenvalue weighted by Gasteiger charge is -2.14. The molecule has 8 heteroatoms. The standard InChI is InChI=1S/C12H13F3N4O/c1-7-10(16)11(19(2)18-7)17-8-5-3-4-6-9(8)20-12(13,14)15/h3-6,17H,16H2,1-2H3. The van der Waals surface area contributed by atoms with Crippen molar-refractivity contribution in [3.8, 4) is 5.75 Å². The quantitative estimate of drug-likeness (QED) is 0.910. The maximum absolute atomic E-state index is 12.3. The van der Waals surface area contributed by atoms with E-state index in [0.29, 0.717) is 17.2 Å². The predicted octanol–water partition coefficient (Wildman–Crippen LogP) is 2.95. The summed E-state index contributed by atoms with van der Waals surface area (Å²) in [4.78, 5) is 0. The Labute approximate surface area is 113 Å². The molecule has 0 atom stereocenters. The van der Waals surface area contributed by atoms with Gasteiger partial charge in [-0.1, -0.05) is 12.1 Å². The number of para-hydroxylation sites is 2. The largest absolute Gasteiger partial charge is 0.573 e. The van der Waals surface area contributed by atoms with Gasteiger partial charge in [0, 0.05) is 7.05 Å². The third-order valence-corrected chi connectivity index (χ3v) is 2.63. The van der Waals surface area contributed by atoms with E-state index in [9.17, 15) is 13.2 Å². The van der Waals surface area contributed by atoms with Crippen LogP contribution in [0.3, 0.4) is 0 Å². The molecule has 0 aliphatic rings. The van der Waals surface area contributed by atoms with E-state index < -0.39 is 6.36 Å². The fourth-order valence-corrected chi connectivity index (χ4v) is 1.73. The topological polar surface area (TPSA) is 65.1 Å². The number of ether oxygens (including phenoxy) is 1. The summed E-state index contributed by atoms with van der Waals surface area (Å²) in [6.45, 7) is 1.71. The highest BCUT2D eigenvalue weighted by Gasteiger charge is 2.32. The molecular weight excluding hydrogens is 273 g/mol. The van der Waals surface area contributed by atoms with Gasteiger partial charge in [-0.2, -0.15) is 5.10 Å². The number of alkyl halides is 3. The first-order valence-corrected chi connectivity index (χ1v) is 5.69. The molecule has 5 nitrogen and oxygen atoms in total. The Kier molecular flexibility index (Phi) is 3.47. The van der Waals surface area contributed by atoms with E-state index in [1.807, 2.05) is 0 Å². The molecule has 2 aromatic rings. The van der Waals surface area contributed by atoms with Gasteiger partial charge in [-0.05, 0) is 19.1 Å². The fourth-order valence-electron chi connectivity index (χ4n) is 1.73. The Morgan fingerprint density at radius 1 is 1.30 bits per heavy atom. The second kappa shape index (κ2) is 4.95. The second-order valence-corrected chi connectivity index (χ2v) is 4.14. The average Bonchev–Trinajstić information content (AvgIpc) is 2.56. The van der Waals surface area contributed by atoms with Crippen LogP contribution >= 0.6 is 0 Å². The van der Waals surface area contributed by atoms with Gasteiger partial charge in [-0.3, -0.25) is 4.68 Å². The molecule has 0 amide bonds. The van der Waals surface area contributed by atoms with Gasteiger partial charge in [0.1, 0.15) is 0 Å². The number of rotatable bonds is 3. The lowest BCUT2D eigenvalue weighted by Crippen LogP contribution is -2.18. The van der Waals surface area contributed by atoms with E-state index in [0.717, 1.165) is 0 Å². The second-order valence-electron chi connectivity index (χ2n) is 4.14. The van der Waals surface area contributed by atoms with Crippen LogP contribution in [0.4, 0.5) is 30.4 Å². The molecule has 1 heterocycles. The van der Waals surface area contributed by atoms with Gasteiger partial charge in [-0.15, -0.1) is 13.2 Å². The molecule has 20 heavy (non-hydrogen) atoms. The number of nitrogens with zero attached hydrogens (tertiary/aromatic N) is 2. The minimum absolute atomic E-state index is 0.152. The van der Waals surface area contributed by atoms with E-state index >= 15 is 0 Å². The first-order valence-electron chi connectivity index (χ1n) is 5.69. The summed E-state index contributed by atoms with van der Waals surface area (Å²) in [6, 6.07) is 5.72. The van der Waals surface area contributed by atoms with Gasteiger partial charge < -0.3 is 15.8 Å². The number of nitrogen functional groups attached to an aromatic ring is 1. The molecule has 0 saturated heterocycles. The van der Waals surface area contributed by atoms with E-state index in [-0.39, 0.29) is 11.4 Å². The van der Waals surface area contributed by atoms with Gasteiger partial charge in [0.05, 0.1) is 17.1 Å². The van der Waals surface area contributed by atoms with Gasteiger partial charge in [0.25, 0.3) is 0 Å². The van der Waals surface area contributed by atoms with Crippen molar-refractivity contribution in [2.75, 3.05) is 11.1 Å². The van der Waals surface area contributed by atoms with Gasteiger partial charge in [0.15, 0.2) is 11.6 Å². The Morgan fingerprint density at radius 2 is 1.95 bits per heavy atom. The number of benzene rings is 1. The normalized spacial score (nSPS) is 11.4. The van der Waals surface area contributed by atoms with Crippen molar-refractivity contribution in [1.29, 1.82) is 0 Å². The minimum Gasteiger partial charge on any atom is -0.404 e. The van der Waals surface area contributed by atoms with Crippen LogP contribution < -0.4 is 15.8 Å². The maximum atomic E-state index is 12.3. The van der Waals surface area contributed by atoms with Gasteiger partial charge >= 0.3 is 6.36 Å². The predicted molar refractivity (Wildman–Crippen MR) is 68.8 cm³/mol. The fraction of sp³-hybridized carbons (Fsp3) is 0.250. The third kappa shape index (κ3) is 2.95. The molecule has 2 rings (SSSR count). The zero-order chi connectivity index (χ0) is 14.9. The van der Waals surface area contributed by atoms with Crippen molar-refractivity contribution in [2.24, 2.45) is 7.05 Å². The molecular formula is C12H13F3N4O. The number of nitrogens with two attached hydrogens (primary N) is 1.